The summed E-state index contributed by atoms with van der Waals surface area (Å²) in [6, 6.07) is 10.0. The molecule has 0 radical (unpaired) electrons. The number of ether oxygens (including phenoxy) is 2. The number of hydrogen-bond donors (Lipinski definition) is 2. The first-order valence-electron chi connectivity index (χ1n) is 8.56. The van der Waals surface area contributed by atoms with Crippen molar-refractivity contribution < 1.29 is 19.1 Å². The number of carbonyl (C=O) groups is 2. The summed E-state index contributed by atoms with van der Waals surface area (Å²) in [5.41, 5.74) is 2.05. The predicted molar refractivity (Wildman–Crippen MR) is 101 cm³/mol. The number of benzene rings is 1. The summed E-state index contributed by atoms with van der Waals surface area (Å²) >= 11 is 0. The zero-order valence-corrected chi connectivity index (χ0v) is 15.1. The molecule has 2 amide bonds. The molecule has 8 heteroatoms. The second kappa shape index (κ2) is 8.22. The molecule has 0 unspecified atom stereocenters. The molecule has 0 aliphatic heterocycles. The van der Waals surface area contributed by atoms with Crippen molar-refractivity contribution in [3.63, 3.8) is 0 Å². The van der Waals surface area contributed by atoms with Gasteiger partial charge >= 0.3 is 12.0 Å². The molecule has 27 heavy (non-hydrogen) atoms. The molecule has 140 valence electrons. The Balaban J connectivity index is 1.70. The summed E-state index contributed by atoms with van der Waals surface area (Å²) in [5.74, 6) is 0.282. The molecule has 0 aliphatic carbocycles. The van der Waals surface area contributed by atoms with Gasteiger partial charge < -0.3 is 20.1 Å². The van der Waals surface area contributed by atoms with Crippen LogP contribution in [0.3, 0.4) is 0 Å². The lowest BCUT2D eigenvalue weighted by molar-refractivity contribution is 0.0528. The lowest BCUT2D eigenvalue weighted by Crippen LogP contribution is -2.19. The van der Waals surface area contributed by atoms with E-state index in [-0.39, 0.29) is 6.61 Å². The summed E-state index contributed by atoms with van der Waals surface area (Å²) in [6.07, 6.45) is 3.10. The van der Waals surface area contributed by atoms with Crippen molar-refractivity contribution in [2.24, 2.45) is 0 Å². The molecule has 2 heterocycles. The molecule has 0 saturated carbocycles. The first-order chi connectivity index (χ1) is 13.1. The first kappa shape index (κ1) is 18.2. The first-order valence-corrected chi connectivity index (χ1v) is 8.56. The van der Waals surface area contributed by atoms with Gasteiger partial charge in [-0.2, -0.15) is 5.10 Å². The molecular weight excluding hydrogens is 348 g/mol. The number of hydrogen-bond acceptors (Lipinski definition) is 5. The Kier molecular flexibility index (Phi) is 5.55. The maximum absolute atomic E-state index is 12.2. The van der Waals surface area contributed by atoms with E-state index < -0.39 is 12.0 Å². The van der Waals surface area contributed by atoms with Crippen molar-refractivity contribution in [1.29, 1.82) is 0 Å². The predicted octanol–water partition coefficient (Wildman–Crippen LogP) is 3.55. The normalized spacial score (nSPS) is 10.4. The van der Waals surface area contributed by atoms with Gasteiger partial charge in [0.15, 0.2) is 0 Å². The Hall–Kier alpha value is -3.55. The average molecular weight is 368 g/mol. The number of carbonyl (C=O) groups excluding carboxylic acids is 2. The van der Waals surface area contributed by atoms with Crippen LogP contribution in [0.2, 0.25) is 0 Å². The van der Waals surface area contributed by atoms with Crippen LogP contribution in [0.1, 0.15) is 24.2 Å². The third-order valence-corrected chi connectivity index (χ3v) is 3.70. The highest BCUT2D eigenvalue weighted by Gasteiger charge is 2.14. The van der Waals surface area contributed by atoms with E-state index >= 15 is 0 Å². The zero-order valence-electron chi connectivity index (χ0n) is 15.1. The van der Waals surface area contributed by atoms with Gasteiger partial charge in [-0.05, 0) is 50.2 Å². The number of pyridine rings is 1. The number of nitrogens with zero attached hydrogens (tertiary/aromatic N) is 2. The third kappa shape index (κ3) is 4.35. The van der Waals surface area contributed by atoms with Gasteiger partial charge in [-0.1, -0.05) is 0 Å². The summed E-state index contributed by atoms with van der Waals surface area (Å²) in [6.45, 7) is 4.50. The molecule has 8 nitrogen and oxygen atoms in total. The van der Waals surface area contributed by atoms with Gasteiger partial charge in [-0.3, -0.25) is 0 Å². The lowest BCUT2D eigenvalue weighted by Gasteiger charge is -2.09. The fourth-order valence-corrected chi connectivity index (χ4v) is 2.52. The highest BCUT2D eigenvalue weighted by molar-refractivity contribution is 6.01. The number of nitrogens with one attached hydrogen (secondary N) is 2. The standard InChI is InChI=1S/C19H20N4O4/c1-3-26-15-7-5-13(6-8-15)21-19(25)22-14-9-10-23-17(11-14)16(12-20-23)18(24)27-4-2/h5-12H,3-4H2,1-2H3,(H2,21,22,25). The fraction of sp³-hybridized carbons (Fsp3) is 0.211. The van der Waals surface area contributed by atoms with Crippen molar-refractivity contribution in [3.05, 3.63) is 54.4 Å². The van der Waals surface area contributed by atoms with Crippen LogP contribution in [0, 0.1) is 0 Å². The van der Waals surface area contributed by atoms with Crippen molar-refractivity contribution in [2.75, 3.05) is 23.8 Å². The fourth-order valence-electron chi connectivity index (χ4n) is 2.52. The zero-order chi connectivity index (χ0) is 19.2. The van der Waals surface area contributed by atoms with E-state index in [9.17, 15) is 9.59 Å². The highest BCUT2D eigenvalue weighted by Crippen LogP contribution is 2.19. The molecule has 0 atom stereocenters. The highest BCUT2D eigenvalue weighted by atomic mass is 16.5. The molecule has 1 aromatic carbocycles. The van der Waals surface area contributed by atoms with E-state index in [1.807, 2.05) is 6.92 Å². The number of anilines is 2. The Morgan fingerprint density at radius 2 is 1.78 bits per heavy atom. The van der Waals surface area contributed by atoms with Crippen LogP contribution in [0.15, 0.2) is 48.8 Å². The van der Waals surface area contributed by atoms with Gasteiger partial charge in [0.05, 0.1) is 24.9 Å². The van der Waals surface area contributed by atoms with E-state index in [0.717, 1.165) is 5.75 Å². The molecule has 3 rings (SSSR count). The van der Waals surface area contributed by atoms with Crippen LogP contribution in [0.4, 0.5) is 16.2 Å². The second-order valence-electron chi connectivity index (χ2n) is 5.56. The summed E-state index contributed by atoms with van der Waals surface area (Å²) in [5, 5.41) is 9.58. The molecule has 0 fully saturated rings. The molecule has 3 aromatic rings. The Labute approximate surface area is 156 Å². The topological polar surface area (TPSA) is 94.0 Å². The number of esters is 1. The lowest BCUT2D eigenvalue weighted by atomic mass is 10.2. The van der Waals surface area contributed by atoms with E-state index in [2.05, 4.69) is 15.7 Å². The van der Waals surface area contributed by atoms with Gasteiger partial charge in [0.1, 0.15) is 11.3 Å². The number of urea groups is 1. The molecule has 0 spiro atoms. The van der Waals surface area contributed by atoms with E-state index in [1.54, 1.807) is 54.0 Å². The quantitative estimate of drug-likeness (QED) is 0.649. The van der Waals surface area contributed by atoms with Gasteiger partial charge in [0.25, 0.3) is 0 Å². The SMILES string of the molecule is CCOC(=O)c1cnn2ccc(NC(=O)Nc3ccc(OCC)cc3)cc12. The van der Waals surface area contributed by atoms with Gasteiger partial charge in [0.2, 0.25) is 0 Å². The van der Waals surface area contributed by atoms with Gasteiger partial charge in [-0.15, -0.1) is 0 Å². The average Bonchev–Trinajstić information content (AvgIpc) is 3.07. The van der Waals surface area contributed by atoms with Crippen molar-refractivity contribution in [2.45, 2.75) is 13.8 Å². The largest absolute Gasteiger partial charge is 0.494 e. The van der Waals surface area contributed by atoms with Gasteiger partial charge in [0, 0.05) is 17.6 Å². The number of fused-ring (bicyclic) bond motifs is 1. The second-order valence-corrected chi connectivity index (χ2v) is 5.56. The van der Waals surface area contributed by atoms with E-state index in [0.29, 0.717) is 29.1 Å². The molecular formula is C19H20N4O4. The minimum Gasteiger partial charge on any atom is -0.494 e. The van der Waals surface area contributed by atoms with Crippen molar-refractivity contribution >= 4 is 28.9 Å². The summed E-state index contributed by atoms with van der Waals surface area (Å²) in [4.78, 5) is 24.2. The van der Waals surface area contributed by atoms with Gasteiger partial charge in [-0.25, -0.2) is 14.1 Å². The smallest absolute Gasteiger partial charge is 0.341 e. The van der Waals surface area contributed by atoms with Crippen molar-refractivity contribution in [3.8, 4) is 5.75 Å². The maximum Gasteiger partial charge on any atom is 0.341 e. The van der Waals surface area contributed by atoms with Crippen LogP contribution in [-0.4, -0.2) is 34.8 Å². The van der Waals surface area contributed by atoms with Crippen LogP contribution in [0.25, 0.3) is 5.52 Å². The van der Waals surface area contributed by atoms with E-state index in [4.69, 9.17) is 9.47 Å². The minimum atomic E-state index is -0.455. The third-order valence-electron chi connectivity index (χ3n) is 3.70. The van der Waals surface area contributed by atoms with Crippen LogP contribution in [0.5, 0.6) is 5.75 Å². The van der Waals surface area contributed by atoms with Crippen molar-refractivity contribution in [1.82, 2.24) is 9.61 Å². The maximum atomic E-state index is 12.2. The molecule has 0 bridgehead atoms. The molecule has 0 aliphatic rings. The monoisotopic (exact) mass is 368 g/mol. The molecule has 2 aromatic heterocycles. The molecule has 2 N–H and O–H groups in total. The van der Waals surface area contributed by atoms with Crippen LogP contribution >= 0.6 is 0 Å². The Morgan fingerprint density at radius 1 is 1.04 bits per heavy atom. The number of rotatable bonds is 6. The Bertz CT molecular complexity index is 950. The summed E-state index contributed by atoms with van der Waals surface area (Å²) in [7, 11) is 0. The molecule has 0 saturated heterocycles. The number of amides is 2. The van der Waals surface area contributed by atoms with E-state index in [1.165, 1.54) is 6.20 Å². The van der Waals surface area contributed by atoms with Crippen LogP contribution in [-0.2, 0) is 4.74 Å². The Morgan fingerprint density at radius 3 is 2.48 bits per heavy atom. The summed E-state index contributed by atoms with van der Waals surface area (Å²) < 4.78 is 11.9. The van der Waals surface area contributed by atoms with Crippen LogP contribution < -0.4 is 15.4 Å². The minimum absolute atomic E-state index is 0.276. The number of aromatic nitrogens is 2.